The number of aliphatic hydroxyl groups is 2. The zero-order chi connectivity index (χ0) is 19.4. The van der Waals surface area contributed by atoms with Gasteiger partial charge in [0.2, 0.25) is 0 Å². The van der Waals surface area contributed by atoms with Crippen molar-refractivity contribution < 1.29 is 15.0 Å². The number of anilines is 1. The third-order valence-corrected chi connectivity index (χ3v) is 4.48. The minimum Gasteiger partial charge on any atom is -0.393 e. The summed E-state index contributed by atoms with van der Waals surface area (Å²) in [5, 5.41) is 21.8. The molecular weight excluding hydrogens is 340 g/mol. The van der Waals surface area contributed by atoms with Crippen molar-refractivity contribution in [3.05, 3.63) is 83.0 Å². The van der Waals surface area contributed by atoms with Crippen LogP contribution in [-0.2, 0) is 0 Å². The molecule has 5 heteroatoms. The average molecular weight is 362 g/mol. The first kappa shape index (κ1) is 18.8. The van der Waals surface area contributed by atoms with Gasteiger partial charge in [0.1, 0.15) is 6.10 Å². The molecule has 0 aliphatic heterocycles. The van der Waals surface area contributed by atoms with Gasteiger partial charge in [0.15, 0.2) is 0 Å². The molecule has 1 heterocycles. The molecular formula is C22H22N2O3. The van der Waals surface area contributed by atoms with Crippen LogP contribution in [0.15, 0.2) is 60.8 Å². The van der Waals surface area contributed by atoms with Crippen molar-refractivity contribution >= 4 is 11.6 Å². The van der Waals surface area contributed by atoms with Crippen LogP contribution in [0.3, 0.4) is 0 Å². The second-order valence-corrected chi connectivity index (χ2v) is 6.47. The fourth-order valence-electron chi connectivity index (χ4n) is 2.97. The van der Waals surface area contributed by atoms with Crippen molar-refractivity contribution in [2.45, 2.75) is 20.0 Å². The molecule has 3 N–H and O–H groups in total. The maximum absolute atomic E-state index is 12.5. The third kappa shape index (κ3) is 4.22. The highest BCUT2D eigenvalue weighted by atomic mass is 16.3. The molecule has 1 aromatic heterocycles. The Bertz CT molecular complexity index is 955. The number of pyridine rings is 1. The van der Waals surface area contributed by atoms with Crippen molar-refractivity contribution in [1.82, 2.24) is 4.98 Å². The Kier molecular flexibility index (Phi) is 5.64. The number of benzene rings is 2. The summed E-state index contributed by atoms with van der Waals surface area (Å²) in [5.41, 5.74) is 5.30. The van der Waals surface area contributed by atoms with Crippen LogP contribution in [0, 0.1) is 13.8 Å². The van der Waals surface area contributed by atoms with Gasteiger partial charge < -0.3 is 15.5 Å². The molecule has 1 amide bonds. The largest absolute Gasteiger partial charge is 0.393 e. The fraction of sp³-hybridized carbons (Fsp3) is 0.182. The maximum atomic E-state index is 12.5. The van der Waals surface area contributed by atoms with Gasteiger partial charge in [0.05, 0.1) is 12.3 Å². The Balaban J connectivity index is 1.84. The molecule has 0 spiro atoms. The molecule has 3 aromatic rings. The number of hydrogen-bond donors (Lipinski definition) is 3. The summed E-state index contributed by atoms with van der Waals surface area (Å²) in [6.07, 6.45) is 0.647. The second-order valence-electron chi connectivity index (χ2n) is 6.47. The zero-order valence-corrected chi connectivity index (χ0v) is 15.3. The SMILES string of the molecule is Cc1cc(-c2cc(C)c([C@@H](O)CO)cn2)ccc1C(=O)Nc1ccccc1. The standard InChI is InChI=1S/C22H22N2O3/c1-14-10-16(20-11-15(2)19(12-23-20)21(26)13-25)8-9-18(14)22(27)24-17-6-4-3-5-7-17/h3-12,21,25-26H,13H2,1-2H3,(H,24,27)/t21-/m0/s1. The van der Waals surface area contributed by atoms with Crippen LogP contribution in [0.2, 0.25) is 0 Å². The van der Waals surface area contributed by atoms with Crippen LogP contribution in [-0.4, -0.2) is 27.7 Å². The maximum Gasteiger partial charge on any atom is 0.255 e. The lowest BCUT2D eigenvalue weighted by Crippen LogP contribution is -2.13. The number of aryl methyl sites for hydroxylation is 2. The van der Waals surface area contributed by atoms with E-state index in [1.165, 1.54) is 0 Å². The molecule has 0 aliphatic rings. The Morgan fingerprint density at radius 1 is 1.07 bits per heavy atom. The van der Waals surface area contributed by atoms with Gasteiger partial charge in [-0.15, -0.1) is 0 Å². The van der Waals surface area contributed by atoms with Crippen molar-refractivity contribution in [3.63, 3.8) is 0 Å². The van der Waals surface area contributed by atoms with Crippen LogP contribution in [0.25, 0.3) is 11.3 Å². The molecule has 0 unspecified atom stereocenters. The average Bonchev–Trinajstić information content (AvgIpc) is 2.68. The van der Waals surface area contributed by atoms with E-state index in [1.807, 2.05) is 62.4 Å². The molecule has 1 atom stereocenters. The molecule has 138 valence electrons. The van der Waals surface area contributed by atoms with Crippen LogP contribution in [0.5, 0.6) is 0 Å². The number of hydrogen-bond acceptors (Lipinski definition) is 4. The highest BCUT2D eigenvalue weighted by Crippen LogP contribution is 2.25. The zero-order valence-electron chi connectivity index (χ0n) is 15.3. The molecule has 3 rings (SSSR count). The quantitative estimate of drug-likeness (QED) is 0.647. The van der Waals surface area contributed by atoms with E-state index in [0.29, 0.717) is 11.1 Å². The second kappa shape index (κ2) is 8.12. The van der Waals surface area contributed by atoms with Gasteiger partial charge in [0, 0.05) is 28.6 Å². The van der Waals surface area contributed by atoms with E-state index < -0.39 is 6.10 Å². The van der Waals surface area contributed by atoms with Crippen molar-refractivity contribution in [2.75, 3.05) is 11.9 Å². The minimum absolute atomic E-state index is 0.157. The van der Waals surface area contributed by atoms with Gasteiger partial charge in [-0.25, -0.2) is 0 Å². The predicted molar refractivity (Wildman–Crippen MR) is 106 cm³/mol. The summed E-state index contributed by atoms with van der Waals surface area (Å²) in [5.74, 6) is -0.157. The van der Waals surface area contributed by atoms with Gasteiger partial charge in [-0.05, 0) is 55.3 Å². The van der Waals surface area contributed by atoms with E-state index >= 15 is 0 Å². The van der Waals surface area contributed by atoms with Gasteiger partial charge in [-0.2, -0.15) is 0 Å². The van der Waals surface area contributed by atoms with Crippen LogP contribution in [0.4, 0.5) is 5.69 Å². The van der Waals surface area contributed by atoms with Gasteiger partial charge in [0.25, 0.3) is 5.91 Å². The molecule has 0 aliphatic carbocycles. The van der Waals surface area contributed by atoms with Gasteiger partial charge in [-0.3, -0.25) is 9.78 Å². The van der Waals surface area contributed by atoms with Gasteiger partial charge in [-0.1, -0.05) is 24.3 Å². The normalized spacial score (nSPS) is 11.9. The minimum atomic E-state index is -0.933. The van der Waals surface area contributed by atoms with E-state index in [9.17, 15) is 9.90 Å². The number of aliphatic hydroxyl groups excluding tert-OH is 2. The van der Waals surface area contributed by atoms with E-state index in [1.54, 1.807) is 12.3 Å². The first-order valence-corrected chi connectivity index (χ1v) is 8.72. The van der Waals surface area contributed by atoms with Crippen molar-refractivity contribution in [3.8, 4) is 11.3 Å². The van der Waals surface area contributed by atoms with Crippen molar-refractivity contribution in [2.24, 2.45) is 0 Å². The molecule has 0 saturated carbocycles. The fourth-order valence-corrected chi connectivity index (χ4v) is 2.97. The molecule has 0 radical (unpaired) electrons. The molecule has 0 fully saturated rings. The molecule has 0 bridgehead atoms. The first-order valence-electron chi connectivity index (χ1n) is 8.72. The monoisotopic (exact) mass is 362 g/mol. The number of amides is 1. The number of nitrogens with zero attached hydrogens (tertiary/aromatic N) is 1. The third-order valence-electron chi connectivity index (χ3n) is 4.48. The summed E-state index contributed by atoms with van der Waals surface area (Å²) in [6.45, 7) is 3.42. The Hall–Kier alpha value is -3.02. The lowest BCUT2D eigenvalue weighted by molar-refractivity contribution is 0.0948. The van der Waals surface area contributed by atoms with Crippen LogP contribution >= 0.6 is 0 Å². The molecule has 2 aromatic carbocycles. The number of aromatic nitrogens is 1. The molecule has 0 saturated heterocycles. The Morgan fingerprint density at radius 2 is 1.81 bits per heavy atom. The summed E-state index contributed by atoms with van der Waals surface area (Å²) < 4.78 is 0. The van der Waals surface area contributed by atoms with E-state index in [4.69, 9.17) is 5.11 Å². The Morgan fingerprint density at radius 3 is 2.44 bits per heavy atom. The highest BCUT2D eigenvalue weighted by molar-refractivity contribution is 6.05. The van der Waals surface area contributed by atoms with Crippen molar-refractivity contribution in [1.29, 1.82) is 0 Å². The van der Waals surface area contributed by atoms with E-state index in [-0.39, 0.29) is 12.5 Å². The number of carbonyl (C=O) groups is 1. The van der Waals surface area contributed by atoms with Crippen LogP contribution < -0.4 is 5.32 Å². The lowest BCUT2D eigenvalue weighted by Gasteiger charge is -2.13. The number of carbonyl (C=O) groups excluding carboxylic acids is 1. The Labute approximate surface area is 158 Å². The molecule has 27 heavy (non-hydrogen) atoms. The summed E-state index contributed by atoms with van der Waals surface area (Å²) in [4.78, 5) is 16.9. The predicted octanol–water partition coefficient (Wildman–Crippen LogP) is 3.64. The van der Waals surface area contributed by atoms with Gasteiger partial charge >= 0.3 is 0 Å². The van der Waals surface area contributed by atoms with E-state index in [0.717, 1.165) is 28.1 Å². The van der Waals surface area contributed by atoms with Crippen LogP contribution in [0.1, 0.15) is 33.2 Å². The summed E-state index contributed by atoms with van der Waals surface area (Å²) in [6, 6.07) is 16.8. The van der Waals surface area contributed by atoms with E-state index in [2.05, 4.69) is 10.3 Å². The topological polar surface area (TPSA) is 82.5 Å². The number of nitrogens with one attached hydrogen (secondary N) is 1. The smallest absolute Gasteiger partial charge is 0.255 e. The summed E-state index contributed by atoms with van der Waals surface area (Å²) in [7, 11) is 0. The summed E-state index contributed by atoms with van der Waals surface area (Å²) >= 11 is 0. The first-order chi connectivity index (χ1) is 13.0. The number of rotatable bonds is 5. The highest BCUT2D eigenvalue weighted by Gasteiger charge is 2.13. The lowest BCUT2D eigenvalue weighted by atomic mass is 9.99. The number of para-hydroxylation sites is 1. The molecule has 5 nitrogen and oxygen atoms in total.